The molecule has 3 aromatic rings. The second-order valence-corrected chi connectivity index (χ2v) is 8.34. The first kappa shape index (κ1) is 27.9. The van der Waals surface area contributed by atoms with Crippen molar-refractivity contribution in [1.29, 1.82) is 0 Å². The highest BCUT2D eigenvalue weighted by molar-refractivity contribution is 6.39. The van der Waals surface area contributed by atoms with Crippen molar-refractivity contribution >= 4 is 35.3 Å². The predicted octanol–water partition coefficient (Wildman–Crippen LogP) is 4.53. The van der Waals surface area contributed by atoms with Gasteiger partial charge in [-0.05, 0) is 72.5 Å². The van der Waals surface area contributed by atoms with Crippen molar-refractivity contribution in [2.24, 2.45) is 5.10 Å². The topological polar surface area (TPSA) is 118 Å². The van der Waals surface area contributed by atoms with Gasteiger partial charge in [-0.15, -0.1) is 0 Å². The minimum absolute atomic E-state index is 0.168. The predicted molar refractivity (Wildman–Crippen MR) is 148 cm³/mol. The zero-order valence-electron chi connectivity index (χ0n) is 21.5. The first-order valence-electron chi connectivity index (χ1n) is 12.5. The third-order valence-corrected chi connectivity index (χ3v) is 5.34. The van der Waals surface area contributed by atoms with Crippen molar-refractivity contribution in [3.63, 3.8) is 0 Å². The number of hydrogen-bond acceptors (Lipinski definition) is 6. The molecule has 0 aromatic heterocycles. The van der Waals surface area contributed by atoms with Crippen LogP contribution in [0.1, 0.15) is 37.8 Å². The third kappa shape index (κ3) is 9.42. The summed E-state index contributed by atoms with van der Waals surface area (Å²) in [6, 6.07) is 21.2. The van der Waals surface area contributed by atoms with Crippen LogP contribution in [0, 0.1) is 0 Å². The van der Waals surface area contributed by atoms with Crippen LogP contribution in [-0.2, 0) is 20.8 Å². The number of hydrazone groups is 1. The van der Waals surface area contributed by atoms with E-state index in [0.29, 0.717) is 35.0 Å². The summed E-state index contributed by atoms with van der Waals surface area (Å²) < 4.78 is 11.1. The van der Waals surface area contributed by atoms with Gasteiger partial charge in [0.2, 0.25) is 0 Å². The first-order chi connectivity index (χ1) is 18.5. The Kier molecular flexibility index (Phi) is 10.9. The second kappa shape index (κ2) is 14.8. The van der Waals surface area contributed by atoms with Crippen LogP contribution in [0.4, 0.5) is 11.4 Å². The average molecular weight is 517 g/mol. The summed E-state index contributed by atoms with van der Waals surface area (Å²) in [7, 11) is 0. The van der Waals surface area contributed by atoms with E-state index in [1.165, 1.54) is 11.8 Å². The molecule has 38 heavy (non-hydrogen) atoms. The van der Waals surface area contributed by atoms with E-state index in [-0.39, 0.29) is 12.5 Å². The molecule has 0 radical (unpaired) electrons. The molecule has 0 saturated heterocycles. The first-order valence-corrected chi connectivity index (χ1v) is 12.5. The fourth-order valence-corrected chi connectivity index (χ4v) is 3.23. The van der Waals surface area contributed by atoms with Crippen molar-refractivity contribution in [2.45, 2.75) is 33.1 Å². The standard InChI is InChI=1S/C29H32N4O5/c1-3-5-17-37-25-15-13-24(14-16-25)32-28(35)29(36)33-30-19-22-7-6-8-26(18-22)38-20-27(34)31-23-11-9-21(4-2)10-12-23/h6-16,18-19H,3-5,17,20H2,1-2H3,(H,31,34)(H,32,35)(H,33,36)/b30-19-. The van der Waals surface area contributed by atoms with E-state index >= 15 is 0 Å². The summed E-state index contributed by atoms with van der Waals surface area (Å²) >= 11 is 0. The van der Waals surface area contributed by atoms with Crippen molar-refractivity contribution in [3.8, 4) is 11.5 Å². The summed E-state index contributed by atoms with van der Waals surface area (Å²) in [6.07, 6.45) is 4.30. The molecule has 0 saturated carbocycles. The Morgan fingerprint density at radius 3 is 2.24 bits per heavy atom. The molecule has 9 nitrogen and oxygen atoms in total. The SMILES string of the molecule is CCCCOc1ccc(NC(=O)C(=O)N/N=C\c2cccc(OCC(=O)Nc3ccc(CC)cc3)c2)cc1. The normalized spacial score (nSPS) is 10.6. The van der Waals surface area contributed by atoms with E-state index in [9.17, 15) is 14.4 Å². The zero-order chi connectivity index (χ0) is 27.2. The maximum atomic E-state index is 12.2. The van der Waals surface area contributed by atoms with E-state index in [2.05, 4.69) is 35.0 Å². The monoisotopic (exact) mass is 516 g/mol. The summed E-state index contributed by atoms with van der Waals surface area (Å²) in [6.45, 7) is 4.61. The number of ether oxygens (including phenoxy) is 2. The quantitative estimate of drug-likeness (QED) is 0.141. The van der Waals surface area contributed by atoms with Gasteiger partial charge in [0.05, 0.1) is 12.8 Å². The molecule has 0 aliphatic carbocycles. The molecule has 0 heterocycles. The molecule has 9 heteroatoms. The van der Waals surface area contributed by atoms with Crippen LogP contribution < -0.4 is 25.5 Å². The van der Waals surface area contributed by atoms with E-state index in [4.69, 9.17) is 9.47 Å². The number of nitrogens with zero attached hydrogens (tertiary/aromatic N) is 1. The third-order valence-electron chi connectivity index (χ3n) is 5.34. The smallest absolute Gasteiger partial charge is 0.329 e. The highest BCUT2D eigenvalue weighted by Gasteiger charge is 2.13. The summed E-state index contributed by atoms with van der Waals surface area (Å²) in [4.78, 5) is 36.4. The van der Waals surface area contributed by atoms with Crippen molar-refractivity contribution in [3.05, 3.63) is 83.9 Å². The van der Waals surface area contributed by atoms with Gasteiger partial charge in [0, 0.05) is 11.4 Å². The summed E-state index contributed by atoms with van der Waals surface area (Å²) in [5.74, 6) is -0.907. The van der Waals surface area contributed by atoms with Gasteiger partial charge < -0.3 is 20.1 Å². The fourth-order valence-electron chi connectivity index (χ4n) is 3.23. The number of unbranched alkanes of at least 4 members (excludes halogenated alkanes) is 1. The largest absolute Gasteiger partial charge is 0.494 e. The molecule has 0 fully saturated rings. The number of hydrogen-bond donors (Lipinski definition) is 3. The molecule has 0 aliphatic heterocycles. The van der Waals surface area contributed by atoms with Gasteiger partial charge in [-0.1, -0.05) is 44.5 Å². The molecule has 0 aliphatic rings. The van der Waals surface area contributed by atoms with Crippen LogP contribution >= 0.6 is 0 Å². The van der Waals surface area contributed by atoms with E-state index in [0.717, 1.165) is 19.3 Å². The van der Waals surface area contributed by atoms with Crippen molar-refractivity contribution in [1.82, 2.24) is 5.43 Å². The van der Waals surface area contributed by atoms with Crippen LogP contribution in [0.3, 0.4) is 0 Å². The maximum Gasteiger partial charge on any atom is 0.329 e. The lowest BCUT2D eigenvalue weighted by Gasteiger charge is -2.08. The maximum absolute atomic E-state index is 12.2. The Hall–Kier alpha value is -4.66. The summed E-state index contributed by atoms with van der Waals surface area (Å²) in [5, 5.41) is 9.12. The Balaban J connectivity index is 1.43. The van der Waals surface area contributed by atoms with Gasteiger partial charge in [0.15, 0.2) is 6.61 Å². The highest BCUT2D eigenvalue weighted by Crippen LogP contribution is 2.16. The fraction of sp³-hybridized carbons (Fsp3) is 0.241. The van der Waals surface area contributed by atoms with Crippen LogP contribution in [0.5, 0.6) is 11.5 Å². The van der Waals surface area contributed by atoms with E-state index in [1.54, 1.807) is 48.5 Å². The zero-order valence-corrected chi connectivity index (χ0v) is 21.5. The molecule has 0 bridgehead atoms. The lowest BCUT2D eigenvalue weighted by atomic mass is 10.1. The number of nitrogens with one attached hydrogen (secondary N) is 3. The average Bonchev–Trinajstić information content (AvgIpc) is 2.93. The number of rotatable bonds is 12. The van der Waals surface area contributed by atoms with Crippen LogP contribution in [0.25, 0.3) is 0 Å². The Morgan fingerprint density at radius 2 is 1.53 bits per heavy atom. The number of carbonyl (C=O) groups is 3. The number of carbonyl (C=O) groups excluding carboxylic acids is 3. The molecule has 3 rings (SSSR count). The molecule has 198 valence electrons. The molecule has 0 unspecified atom stereocenters. The van der Waals surface area contributed by atoms with Gasteiger partial charge in [-0.3, -0.25) is 14.4 Å². The lowest BCUT2D eigenvalue weighted by Crippen LogP contribution is -2.32. The molecule has 0 atom stereocenters. The Labute approximate surface area is 222 Å². The van der Waals surface area contributed by atoms with Crippen LogP contribution in [0.2, 0.25) is 0 Å². The molecule has 3 aromatic carbocycles. The van der Waals surface area contributed by atoms with Gasteiger partial charge >= 0.3 is 11.8 Å². The van der Waals surface area contributed by atoms with Crippen molar-refractivity contribution < 1.29 is 23.9 Å². The molecular weight excluding hydrogens is 484 g/mol. The number of amides is 3. The number of aryl methyl sites for hydroxylation is 1. The van der Waals surface area contributed by atoms with Crippen LogP contribution in [-0.4, -0.2) is 37.1 Å². The van der Waals surface area contributed by atoms with E-state index < -0.39 is 11.8 Å². The second-order valence-electron chi connectivity index (χ2n) is 8.34. The lowest BCUT2D eigenvalue weighted by molar-refractivity contribution is -0.136. The number of benzene rings is 3. The Morgan fingerprint density at radius 1 is 0.816 bits per heavy atom. The van der Waals surface area contributed by atoms with Gasteiger partial charge in [-0.25, -0.2) is 5.43 Å². The van der Waals surface area contributed by atoms with E-state index in [1.807, 2.05) is 24.3 Å². The molecular formula is C29H32N4O5. The Bertz CT molecular complexity index is 1240. The minimum atomic E-state index is -0.916. The van der Waals surface area contributed by atoms with Gasteiger partial charge in [0.1, 0.15) is 11.5 Å². The molecule has 3 N–H and O–H groups in total. The summed E-state index contributed by atoms with van der Waals surface area (Å²) in [5.41, 5.74) is 5.15. The molecule has 0 spiro atoms. The minimum Gasteiger partial charge on any atom is -0.494 e. The highest BCUT2D eigenvalue weighted by atomic mass is 16.5. The van der Waals surface area contributed by atoms with Gasteiger partial charge in [-0.2, -0.15) is 5.10 Å². The number of anilines is 2. The molecule has 3 amide bonds. The van der Waals surface area contributed by atoms with Gasteiger partial charge in [0.25, 0.3) is 5.91 Å². The van der Waals surface area contributed by atoms with Crippen LogP contribution in [0.15, 0.2) is 77.9 Å². The van der Waals surface area contributed by atoms with Crippen molar-refractivity contribution in [2.75, 3.05) is 23.8 Å².